The summed E-state index contributed by atoms with van der Waals surface area (Å²) in [5.74, 6) is -1.37. The number of aryl methyl sites for hydroxylation is 1. The zero-order valence-electron chi connectivity index (χ0n) is 16.0. The summed E-state index contributed by atoms with van der Waals surface area (Å²) in [4.78, 5) is 11.8. The number of carboxylic acids is 1. The third-order valence-electron chi connectivity index (χ3n) is 4.73. The van der Waals surface area contributed by atoms with Crippen LogP contribution >= 0.6 is 0 Å². The number of carboxylic acid groups (broad SMARTS) is 1. The fourth-order valence-corrected chi connectivity index (χ4v) is 3.24. The smallest absolute Gasteiger partial charge is 0.318 e. The normalized spacial score (nSPS) is 12.0. The van der Waals surface area contributed by atoms with E-state index in [9.17, 15) is 9.90 Å². The average molecular weight is 370 g/mol. The van der Waals surface area contributed by atoms with Crippen LogP contribution in [0.15, 0.2) is 43.0 Å². The maximum absolute atomic E-state index is 11.8. The van der Waals surface area contributed by atoms with Crippen LogP contribution in [0.25, 0.3) is 0 Å². The second-order valence-corrected chi connectivity index (χ2v) is 6.85. The number of unbranched alkanes of at least 4 members (excludes halogenated alkanes) is 8. The van der Waals surface area contributed by atoms with Gasteiger partial charge in [0.1, 0.15) is 5.92 Å². The molecule has 1 heterocycles. The summed E-state index contributed by atoms with van der Waals surface area (Å²) >= 11 is 0. The van der Waals surface area contributed by atoms with Crippen LogP contribution in [-0.4, -0.2) is 31.3 Å². The molecular weight excluding hydrogens is 340 g/mol. The number of benzene rings is 1. The van der Waals surface area contributed by atoms with Crippen LogP contribution in [0.3, 0.4) is 0 Å². The molecule has 0 amide bonds. The molecule has 0 saturated heterocycles. The Morgan fingerprint density at radius 1 is 1.04 bits per heavy atom. The molecule has 0 spiro atoms. The third-order valence-corrected chi connectivity index (χ3v) is 4.73. The number of carbonyl (C=O) groups is 1. The summed E-state index contributed by atoms with van der Waals surface area (Å²) in [7, 11) is 0. The highest BCUT2D eigenvalue weighted by atomic mass is 16.4. The highest BCUT2D eigenvalue weighted by Crippen LogP contribution is 2.23. The summed E-state index contributed by atoms with van der Waals surface area (Å²) in [6, 6.07) is 9.12. The number of aromatic nitrogens is 4. The van der Waals surface area contributed by atoms with E-state index < -0.39 is 11.9 Å². The maximum atomic E-state index is 11.8. The van der Waals surface area contributed by atoms with Crippen molar-refractivity contribution in [2.24, 2.45) is 0 Å². The lowest BCUT2D eigenvalue weighted by Gasteiger charge is -2.12. The van der Waals surface area contributed by atoms with Gasteiger partial charge in [0.15, 0.2) is 5.82 Å². The van der Waals surface area contributed by atoms with Crippen LogP contribution < -0.4 is 0 Å². The number of rotatable bonds is 14. The molecule has 0 aliphatic carbocycles. The van der Waals surface area contributed by atoms with E-state index in [4.69, 9.17) is 0 Å². The highest BCUT2D eigenvalue weighted by Gasteiger charge is 2.27. The first-order valence-electron chi connectivity index (χ1n) is 9.88. The molecule has 1 aromatic carbocycles. The van der Waals surface area contributed by atoms with Crippen molar-refractivity contribution in [2.45, 2.75) is 70.3 Å². The van der Waals surface area contributed by atoms with Crippen LogP contribution in [0, 0.1) is 0 Å². The van der Waals surface area contributed by atoms with Gasteiger partial charge >= 0.3 is 5.97 Å². The van der Waals surface area contributed by atoms with Crippen LogP contribution in [0.4, 0.5) is 0 Å². The lowest BCUT2D eigenvalue weighted by molar-refractivity contribution is -0.138. The minimum absolute atomic E-state index is 0.399. The zero-order valence-corrected chi connectivity index (χ0v) is 16.0. The largest absolute Gasteiger partial charge is 0.480 e. The fraction of sp³-hybridized carbons (Fsp3) is 0.524. The summed E-state index contributed by atoms with van der Waals surface area (Å²) in [6.07, 6.45) is 12.7. The monoisotopic (exact) mass is 370 g/mol. The summed E-state index contributed by atoms with van der Waals surface area (Å²) in [5, 5.41) is 21.4. The lowest BCUT2D eigenvalue weighted by atomic mass is 9.98. The molecule has 1 unspecified atom stereocenters. The van der Waals surface area contributed by atoms with E-state index in [1.165, 1.54) is 38.5 Å². The molecule has 0 fully saturated rings. The van der Waals surface area contributed by atoms with Gasteiger partial charge in [0.25, 0.3) is 0 Å². The molecule has 0 saturated carbocycles. The predicted molar refractivity (Wildman–Crippen MR) is 105 cm³/mol. The topological polar surface area (TPSA) is 80.9 Å². The van der Waals surface area contributed by atoms with E-state index >= 15 is 0 Å². The number of allylic oxidation sites excluding steroid dienone is 1. The molecular formula is C21H30N4O2. The van der Waals surface area contributed by atoms with E-state index in [1.807, 2.05) is 24.3 Å². The molecule has 2 aromatic rings. The van der Waals surface area contributed by atoms with Gasteiger partial charge in [-0.05, 0) is 35.3 Å². The first-order valence-corrected chi connectivity index (χ1v) is 9.88. The van der Waals surface area contributed by atoms with Crippen molar-refractivity contribution in [2.75, 3.05) is 0 Å². The Balaban J connectivity index is 1.76. The predicted octanol–water partition coefficient (Wildman–Crippen LogP) is 4.59. The highest BCUT2D eigenvalue weighted by molar-refractivity contribution is 5.79. The fourth-order valence-electron chi connectivity index (χ4n) is 3.24. The summed E-state index contributed by atoms with van der Waals surface area (Å²) in [6.45, 7) is 4.40. The number of hydrogen-bond acceptors (Lipinski definition) is 4. The van der Waals surface area contributed by atoms with E-state index in [1.54, 1.807) is 16.8 Å². The molecule has 0 radical (unpaired) electrons. The molecule has 27 heavy (non-hydrogen) atoms. The van der Waals surface area contributed by atoms with Gasteiger partial charge in [-0.25, -0.2) is 4.68 Å². The molecule has 6 heteroatoms. The van der Waals surface area contributed by atoms with Gasteiger partial charge in [0.2, 0.25) is 0 Å². The zero-order chi connectivity index (χ0) is 19.3. The number of aliphatic carboxylic acids is 1. The van der Waals surface area contributed by atoms with Gasteiger partial charge in [0, 0.05) is 6.54 Å². The Bertz CT molecular complexity index is 684. The molecule has 1 atom stereocenters. The van der Waals surface area contributed by atoms with Crippen molar-refractivity contribution in [3.8, 4) is 0 Å². The van der Waals surface area contributed by atoms with Gasteiger partial charge in [-0.15, -0.1) is 11.7 Å². The van der Waals surface area contributed by atoms with Crippen molar-refractivity contribution in [1.29, 1.82) is 0 Å². The van der Waals surface area contributed by atoms with Crippen LogP contribution in [0.2, 0.25) is 0 Å². The Labute approximate surface area is 161 Å². The minimum Gasteiger partial charge on any atom is -0.480 e. The van der Waals surface area contributed by atoms with E-state index in [2.05, 4.69) is 22.1 Å². The molecule has 1 N–H and O–H groups in total. The van der Waals surface area contributed by atoms with E-state index in [0.717, 1.165) is 19.3 Å². The van der Waals surface area contributed by atoms with E-state index in [0.29, 0.717) is 17.9 Å². The minimum atomic E-state index is -0.936. The van der Waals surface area contributed by atoms with Crippen LogP contribution in [0.1, 0.15) is 75.1 Å². The Morgan fingerprint density at radius 2 is 1.67 bits per heavy atom. The van der Waals surface area contributed by atoms with Gasteiger partial charge in [0.05, 0.1) is 0 Å². The third kappa shape index (κ3) is 6.96. The van der Waals surface area contributed by atoms with Crippen molar-refractivity contribution >= 4 is 5.97 Å². The van der Waals surface area contributed by atoms with Crippen LogP contribution in [0.5, 0.6) is 0 Å². The van der Waals surface area contributed by atoms with Gasteiger partial charge in [-0.3, -0.25) is 4.79 Å². The Hall–Kier alpha value is -2.50. The quantitative estimate of drug-likeness (QED) is 0.389. The second kappa shape index (κ2) is 12.0. The van der Waals surface area contributed by atoms with Crippen LogP contribution in [-0.2, 0) is 11.3 Å². The summed E-state index contributed by atoms with van der Waals surface area (Å²) < 4.78 is 1.64. The number of hydrogen-bond donors (Lipinski definition) is 1. The number of tetrazole rings is 1. The average Bonchev–Trinajstić information content (AvgIpc) is 3.12. The van der Waals surface area contributed by atoms with E-state index in [-0.39, 0.29) is 0 Å². The van der Waals surface area contributed by atoms with Crippen molar-refractivity contribution in [1.82, 2.24) is 20.2 Å². The molecule has 6 nitrogen and oxygen atoms in total. The van der Waals surface area contributed by atoms with Gasteiger partial charge < -0.3 is 5.11 Å². The molecule has 0 aliphatic heterocycles. The standard InChI is InChI=1S/C21H30N4O2/c1-2-3-4-5-6-7-8-9-10-14-17-25-20(22-23-24-25)19(21(26)27)18-15-12-11-13-16-18/h2,11-13,15-16,19H,1,3-10,14,17H2,(H,26,27). The maximum Gasteiger partial charge on any atom is 0.318 e. The van der Waals surface area contributed by atoms with Gasteiger partial charge in [-0.1, -0.05) is 74.9 Å². The summed E-state index contributed by atoms with van der Waals surface area (Å²) in [5.41, 5.74) is 0.692. The lowest BCUT2D eigenvalue weighted by Crippen LogP contribution is -2.19. The molecule has 0 aliphatic rings. The number of nitrogens with zero attached hydrogens (tertiary/aromatic N) is 4. The molecule has 1 aromatic heterocycles. The van der Waals surface area contributed by atoms with Crippen molar-refractivity contribution in [3.63, 3.8) is 0 Å². The first kappa shape index (κ1) is 20.8. The molecule has 2 rings (SSSR count). The molecule has 146 valence electrons. The second-order valence-electron chi connectivity index (χ2n) is 6.85. The molecule has 0 bridgehead atoms. The SMILES string of the molecule is C=CCCCCCCCCCCn1nnnc1C(C(=O)O)c1ccccc1. The van der Waals surface area contributed by atoms with Crippen molar-refractivity contribution < 1.29 is 9.90 Å². The first-order chi connectivity index (χ1) is 13.2. The van der Waals surface area contributed by atoms with Gasteiger partial charge in [-0.2, -0.15) is 0 Å². The Morgan fingerprint density at radius 3 is 2.30 bits per heavy atom. The Kier molecular flexibility index (Phi) is 9.24. The van der Waals surface area contributed by atoms with Crippen molar-refractivity contribution in [3.05, 3.63) is 54.4 Å².